The summed E-state index contributed by atoms with van der Waals surface area (Å²) in [6.07, 6.45) is 5.83. The average Bonchev–Trinajstić information content (AvgIpc) is 2.83. The molecule has 0 saturated carbocycles. The van der Waals surface area contributed by atoms with E-state index in [0.29, 0.717) is 18.2 Å². The van der Waals surface area contributed by atoms with E-state index in [1.165, 1.54) is 25.7 Å². The molecule has 5 atom stereocenters. The monoisotopic (exact) mass is 282 g/mol. The van der Waals surface area contributed by atoms with E-state index in [4.69, 9.17) is 4.74 Å². The minimum atomic E-state index is 0.272. The van der Waals surface area contributed by atoms with Crippen molar-refractivity contribution >= 4 is 0 Å². The quantitative estimate of drug-likeness (QED) is 0.839. The van der Waals surface area contributed by atoms with Crippen molar-refractivity contribution in [2.24, 2.45) is 5.92 Å². The van der Waals surface area contributed by atoms with Crippen molar-refractivity contribution in [3.63, 3.8) is 0 Å². The molecule has 2 heterocycles. The van der Waals surface area contributed by atoms with Gasteiger partial charge in [0.2, 0.25) is 0 Å². The van der Waals surface area contributed by atoms with Crippen LogP contribution >= 0.6 is 0 Å². The van der Waals surface area contributed by atoms with Crippen LogP contribution in [-0.4, -0.2) is 48.3 Å². The maximum Gasteiger partial charge on any atom is 0.0706 e. The third kappa shape index (κ3) is 3.75. The topological polar surface area (TPSA) is 24.5 Å². The smallest absolute Gasteiger partial charge is 0.0706 e. The summed E-state index contributed by atoms with van der Waals surface area (Å²) in [7, 11) is 0. The molecule has 2 fully saturated rings. The van der Waals surface area contributed by atoms with E-state index >= 15 is 0 Å². The van der Waals surface area contributed by atoms with Crippen LogP contribution in [0.2, 0.25) is 0 Å². The molecule has 0 radical (unpaired) electrons. The van der Waals surface area contributed by atoms with Crippen molar-refractivity contribution in [1.29, 1.82) is 0 Å². The van der Waals surface area contributed by atoms with E-state index in [-0.39, 0.29) is 5.54 Å². The van der Waals surface area contributed by atoms with Gasteiger partial charge in [0, 0.05) is 31.2 Å². The second kappa shape index (κ2) is 6.76. The predicted octanol–water partition coefficient (Wildman–Crippen LogP) is 3.04. The summed E-state index contributed by atoms with van der Waals surface area (Å²) in [5.74, 6) is 0.753. The summed E-state index contributed by atoms with van der Waals surface area (Å²) in [5.41, 5.74) is 0.272. The van der Waals surface area contributed by atoms with E-state index < -0.39 is 0 Å². The SMILES string of the molecule is CCC(C)C1CNC(C)(CC)CN1CC1CCC(C)O1. The van der Waals surface area contributed by atoms with Gasteiger partial charge in [-0.25, -0.2) is 0 Å². The Kier molecular flexibility index (Phi) is 5.49. The highest BCUT2D eigenvalue weighted by Gasteiger charge is 2.38. The second-order valence-electron chi connectivity index (χ2n) is 7.32. The van der Waals surface area contributed by atoms with E-state index in [2.05, 4.69) is 44.8 Å². The lowest BCUT2D eigenvalue weighted by atomic mass is 9.88. The van der Waals surface area contributed by atoms with E-state index in [9.17, 15) is 0 Å². The zero-order valence-electron chi connectivity index (χ0n) is 14.1. The Bertz CT molecular complexity index is 309. The van der Waals surface area contributed by atoms with Crippen molar-refractivity contribution in [3.05, 3.63) is 0 Å². The van der Waals surface area contributed by atoms with Gasteiger partial charge in [-0.2, -0.15) is 0 Å². The first kappa shape index (κ1) is 16.3. The van der Waals surface area contributed by atoms with Gasteiger partial charge in [0.05, 0.1) is 12.2 Å². The Labute approximate surface area is 125 Å². The standard InChI is InChI=1S/C17H34N2O/c1-6-13(3)16-10-18-17(5,7-2)12-19(16)11-15-9-8-14(4)20-15/h13-16,18H,6-12H2,1-5H3. The van der Waals surface area contributed by atoms with Crippen molar-refractivity contribution in [2.45, 2.75) is 84.1 Å². The van der Waals surface area contributed by atoms with Gasteiger partial charge in [-0.1, -0.05) is 27.2 Å². The number of hydrogen-bond acceptors (Lipinski definition) is 3. The molecular weight excluding hydrogens is 248 g/mol. The zero-order valence-corrected chi connectivity index (χ0v) is 14.1. The summed E-state index contributed by atoms with van der Waals surface area (Å²) in [4.78, 5) is 2.72. The van der Waals surface area contributed by atoms with Gasteiger partial charge in [0.25, 0.3) is 0 Å². The highest BCUT2D eigenvalue weighted by atomic mass is 16.5. The van der Waals surface area contributed by atoms with Crippen LogP contribution < -0.4 is 5.32 Å². The number of piperazine rings is 1. The molecule has 0 amide bonds. The molecule has 20 heavy (non-hydrogen) atoms. The lowest BCUT2D eigenvalue weighted by molar-refractivity contribution is -0.0113. The van der Waals surface area contributed by atoms with Crippen LogP contribution in [0.5, 0.6) is 0 Å². The fraction of sp³-hybridized carbons (Fsp3) is 1.00. The minimum absolute atomic E-state index is 0.272. The molecular formula is C17H34N2O. The maximum atomic E-state index is 6.07. The molecule has 2 saturated heterocycles. The lowest BCUT2D eigenvalue weighted by Crippen LogP contribution is -2.65. The first-order chi connectivity index (χ1) is 9.47. The number of hydrogen-bond donors (Lipinski definition) is 1. The first-order valence-corrected chi connectivity index (χ1v) is 8.62. The lowest BCUT2D eigenvalue weighted by Gasteiger charge is -2.48. The van der Waals surface area contributed by atoms with Gasteiger partial charge in [-0.15, -0.1) is 0 Å². The van der Waals surface area contributed by atoms with Crippen LogP contribution in [0.3, 0.4) is 0 Å². The van der Waals surface area contributed by atoms with E-state index in [1.807, 2.05) is 0 Å². The molecule has 5 unspecified atom stereocenters. The van der Waals surface area contributed by atoms with Crippen molar-refractivity contribution < 1.29 is 4.74 Å². The summed E-state index contributed by atoms with van der Waals surface area (Å²) < 4.78 is 6.07. The summed E-state index contributed by atoms with van der Waals surface area (Å²) in [6.45, 7) is 15.0. The van der Waals surface area contributed by atoms with E-state index in [0.717, 1.165) is 25.6 Å². The van der Waals surface area contributed by atoms with Gasteiger partial charge >= 0.3 is 0 Å². The third-order valence-electron chi connectivity index (χ3n) is 5.60. The molecule has 3 nitrogen and oxygen atoms in total. The highest BCUT2D eigenvalue weighted by molar-refractivity contribution is 4.96. The summed E-state index contributed by atoms with van der Waals surface area (Å²) in [6, 6.07) is 0.666. The molecule has 2 rings (SSSR count). The molecule has 0 aromatic rings. The third-order valence-corrected chi connectivity index (χ3v) is 5.60. The van der Waals surface area contributed by atoms with Crippen LogP contribution in [0.15, 0.2) is 0 Å². The fourth-order valence-corrected chi connectivity index (χ4v) is 3.65. The van der Waals surface area contributed by atoms with Crippen molar-refractivity contribution in [2.75, 3.05) is 19.6 Å². The Morgan fingerprint density at radius 3 is 2.65 bits per heavy atom. The van der Waals surface area contributed by atoms with Gasteiger partial charge in [0.1, 0.15) is 0 Å². The van der Waals surface area contributed by atoms with Crippen LogP contribution in [0.25, 0.3) is 0 Å². The largest absolute Gasteiger partial charge is 0.374 e. The molecule has 0 aromatic heterocycles. The van der Waals surface area contributed by atoms with E-state index in [1.54, 1.807) is 0 Å². The van der Waals surface area contributed by atoms with Gasteiger partial charge in [-0.05, 0) is 39.0 Å². The molecule has 3 heteroatoms. The molecule has 0 aliphatic carbocycles. The van der Waals surface area contributed by atoms with Crippen LogP contribution in [0.4, 0.5) is 0 Å². The number of nitrogens with zero attached hydrogens (tertiary/aromatic N) is 1. The molecule has 2 aliphatic rings. The normalized spacial score (nSPS) is 41.0. The van der Waals surface area contributed by atoms with Crippen molar-refractivity contribution in [1.82, 2.24) is 10.2 Å². The molecule has 0 bridgehead atoms. The zero-order chi connectivity index (χ0) is 14.8. The number of ether oxygens (including phenoxy) is 1. The molecule has 0 aromatic carbocycles. The first-order valence-electron chi connectivity index (χ1n) is 8.62. The molecule has 1 N–H and O–H groups in total. The van der Waals surface area contributed by atoms with Gasteiger partial charge in [-0.3, -0.25) is 4.90 Å². The van der Waals surface area contributed by atoms with Crippen LogP contribution in [-0.2, 0) is 4.74 Å². The van der Waals surface area contributed by atoms with Gasteiger partial charge < -0.3 is 10.1 Å². The highest BCUT2D eigenvalue weighted by Crippen LogP contribution is 2.27. The minimum Gasteiger partial charge on any atom is -0.374 e. The fourth-order valence-electron chi connectivity index (χ4n) is 3.65. The van der Waals surface area contributed by atoms with Crippen molar-refractivity contribution in [3.8, 4) is 0 Å². The van der Waals surface area contributed by atoms with Gasteiger partial charge in [0.15, 0.2) is 0 Å². The Morgan fingerprint density at radius 2 is 2.10 bits per heavy atom. The van der Waals surface area contributed by atoms with Crippen LogP contribution in [0.1, 0.15) is 60.3 Å². The Hall–Kier alpha value is -0.120. The molecule has 2 aliphatic heterocycles. The number of nitrogens with one attached hydrogen (secondary N) is 1. The predicted molar refractivity (Wildman–Crippen MR) is 85.1 cm³/mol. The Balaban J connectivity index is 2.01. The Morgan fingerprint density at radius 1 is 1.35 bits per heavy atom. The average molecular weight is 282 g/mol. The summed E-state index contributed by atoms with van der Waals surface area (Å²) >= 11 is 0. The summed E-state index contributed by atoms with van der Waals surface area (Å²) in [5, 5.41) is 3.79. The molecule has 118 valence electrons. The molecule has 0 spiro atoms. The number of rotatable bonds is 5. The maximum absolute atomic E-state index is 6.07. The second-order valence-corrected chi connectivity index (χ2v) is 7.32. The van der Waals surface area contributed by atoms with Crippen LogP contribution in [0, 0.1) is 5.92 Å².